The zero-order valence-electron chi connectivity index (χ0n) is 12.0. The van der Waals surface area contributed by atoms with Crippen LogP contribution in [0.3, 0.4) is 0 Å². The summed E-state index contributed by atoms with van der Waals surface area (Å²) in [4.78, 5) is 11.7. The van der Waals surface area contributed by atoms with E-state index in [9.17, 15) is 9.90 Å². The van der Waals surface area contributed by atoms with Crippen molar-refractivity contribution in [2.24, 2.45) is 0 Å². The Hall–Kier alpha value is -2.17. The summed E-state index contributed by atoms with van der Waals surface area (Å²) in [5.74, 6) is -0.354. The van der Waals surface area contributed by atoms with Crippen LogP contribution >= 0.6 is 0 Å². The van der Waals surface area contributed by atoms with Gasteiger partial charge >= 0.3 is 5.97 Å². The number of hydrogen-bond donors (Lipinski definition) is 2. The van der Waals surface area contributed by atoms with Crippen molar-refractivity contribution < 1.29 is 14.6 Å². The molecule has 0 heterocycles. The van der Waals surface area contributed by atoms with E-state index in [1.807, 2.05) is 42.5 Å². The lowest BCUT2D eigenvalue weighted by Crippen LogP contribution is -2.25. The fourth-order valence-electron chi connectivity index (χ4n) is 2.19. The summed E-state index contributed by atoms with van der Waals surface area (Å²) in [5.41, 5.74) is 2.39. The third-order valence-electron chi connectivity index (χ3n) is 3.35. The average Bonchev–Trinajstić information content (AvgIpc) is 2.56. The minimum atomic E-state index is -0.354. The molecule has 0 aliphatic rings. The van der Waals surface area contributed by atoms with Gasteiger partial charge in [0, 0.05) is 6.54 Å². The van der Waals surface area contributed by atoms with E-state index in [0.717, 1.165) is 11.1 Å². The quantitative estimate of drug-likeness (QED) is 0.800. The van der Waals surface area contributed by atoms with Crippen LogP contribution in [0.5, 0.6) is 0 Å². The van der Waals surface area contributed by atoms with Crippen molar-refractivity contribution in [3.8, 4) is 0 Å². The Morgan fingerprint density at radius 2 is 1.81 bits per heavy atom. The predicted octanol–water partition coefficient (Wildman–Crippen LogP) is 2.30. The number of ether oxygens (including phenoxy) is 1. The standard InChI is InChI=1S/C17H19NO3/c1-21-17(20)15-10-6-5-9-14(15)11-18-16(12-19)13-7-3-2-4-8-13/h2-10,16,18-19H,11-12H2,1H3. The zero-order chi connectivity index (χ0) is 15.1. The number of esters is 1. The van der Waals surface area contributed by atoms with Crippen LogP contribution in [0.15, 0.2) is 54.6 Å². The van der Waals surface area contributed by atoms with Crippen LogP contribution in [0.2, 0.25) is 0 Å². The Labute approximate surface area is 124 Å². The van der Waals surface area contributed by atoms with E-state index in [2.05, 4.69) is 5.32 Å². The molecule has 0 aliphatic carbocycles. The van der Waals surface area contributed by atoms with Crippen molar-refractivity contribution in [3.05, 3.63) is 71.3 Å². The van der Waals surface area contributed by atoms with Gasteiger partial charge in [-0.1, -0.05) is 48.5 Å². The number of methoxy groups -OCH3 is 1. The first kappa shape index (κ1) is 15.2. The molecular formula is C17H19NO3. The van der Waals surface area contributed by atoms with Gasteiger partial charge in [-0.15, -0.1) is 0 Å². The van der Waals surface area contributed by atoms with Gasteiger partial charge in [-0.2, -0.15) is 0 Å². The van der Waals surface area contributed by atoms with E-state index in [1.54, 1.807) is 12.1 Å². The van der Waals surface area contributed by atoms with Crippen molar-refractivity contribution in [2.45, 2.75) is 12.6 Å². The first-order valence-corrected chi connectivity index (χ1v) is 6.81. The summed E-state index contributed by atoms with van der Waals surface area (Å²) in [7, 11) is 1.37. The molecule has 0 amide bonds. The summed E-state index contributed by atoms with van der Waals surface area (Å²) >= 11 is 0. The first-order chi connectivity index (χ1) is 10.3. The number of nitrogens with one attached hydrogen (secondary N) is 1. The van der Waals surface area contributed by atoms with Crippen LogP contribution in [-0.2, 0) is 11.3 Å². The second-order valence-corrected chi connectivity index (χ2v) is 4.68. The number of carbonyl (C=O) groups excluding carboxylic acids is 1. The minimum absolute atomic E-state index is 0.00952. The number of aliphatic hydroxyl groups is 1. The Kier molecular flexibility index (Phi) is 5.49. The van der Waals surface area contributed by atoms with Gasteiger partial charge in [0.2, 0.25) is 0 Å². The smallest absolute Gasteiger partial charge is 0.338 e. The molecule has 21 heavy (non-hydrogen) atoms. The fraction of sp³-hybridized carbons (Fsp3) is 0.235. The highest BCUT2D eigenvalue weighted by atomic mass is 16.5. The van der Waals surface area contributed by atoms with Gasteiger partial charge in [0.05, 0.1) is 25.3 Å². The van der Waals surface area contributed by atoms with Gasteiger partial charge < -0.3 is 15.2 Å². The monoisotopic (exact) mass is 285 g/mol. The van der Waals surface area contributed by atoms with Crippen molar-refractivity contribution in [3.63, 3.8) is 0 Å². The molecule has 0 spiro atoms. The molecule has 1 unspecified atom stereocenters. The van der Waals surface area contributed by atoms with E-state index >= 15 is 0 Å². The topological polar surface area (TPSA) is 58.6 Å². The third-order valence-corrected chi connectivity index (χ3v) is 3.35. The van der Waals surface area contributed by atoms with Crippen molar-refractivity contribution in [1.29, 1.82) is 0 Å². The Morgan fingerprint density at radius 3 is 2.48 bits per heavy atom. The van der Waals surface area contributed by atoms with E-state index in [-0.39, 0.29) is 18.6 Å². The van der Waals surface area contributed by atoms with Crippen LogP contribution in [0.1, 0.15) is 27.5 Å². The van der Waals surface area contributed by atoms with Gasteiger partial charge in [0.1, 0.15) is 0 Å². The van der Waals surface area contributed by atoms with Crippen LogP contribution in [-0.4, -0.2) is 24.8 Å². The molecular weight excluding hydrogens is 266 g/mol. The Morgan fingerprint density at radius 1 is 1.14 bits per heavy atom. The summed E-state index contributed by atoms with van der Waals surface area (Å²) in [6, 6.07) is 16.8. The SMILES string of the molecule is COC(=O)c1ccccc1CNC(CO)c1ccccc1. The molecule has 4 heteroatoms. The second-order valence-electron chi connectivity index (χ2n) is 4.68. The highest BCUT2D eigenvalue weighted by Crippen LogP contribution is 2.15. The molecule has 0 aromatic heterocycles. The maximum atomic E-state index is 11.7. The fourth-order valence-corrected chi connectivity index (χ4v) is 2.19. The predicted molar refractivity (Wildman–Crippen MR) is 80.9 cm³/mol. The Bertz CT molecular complexity index is 584. The zero-order valence-corrected chi connectivity index (χ0v) is 12.0. The number of benzene rings is 2. The molecule has 0 aliphatic heterocycles. The summed E-state index contributed by atoms with van der Waals surface area (Å²) in [6.45, 7) is 0.468. The lowest BCUT2D eigenvalue weighted by atomic mass is 10.1. The van der Waals surface area contributed by atoms with E-state index in [1.165, 1.54) is 7.11 Å². The summed E-state index contributed by atoms with van der Waals surface area (Å²) in [5, 5.41) is 12.8. The summed E-state index contributed by atoms with van der Waals surface area (Å²) < 4.78 is 4.78. The van der Waals surface area contributed by atoms with Crippen LogP contribution < -0.4 is 5.32 Å². The normalized spacial score (nSPS) is 11.9. The van der Waals surface area contributed by atoms with Crippen molar-refractivity contribution in [2.75, 3.05) is 13.7 Å². The molecule has 2 aromatic carbocycles. The van der Waals surface area contributed by atoms with Crippen molar-refractivity contribution >= 4 is 5.97 Å². The highest BCUT2D eigenvalue weighted by molar-refractivity contribution is 5.90. The Balaban J connectivity index is 2.10. The van der Waals surface area contributed by atoms with E-state index in [0.29, 0.717) is 12.1 Å². The maximum absolute atomic E-state index is 11.7. The second kappa shape index (κ2) is 7.57. The average molecular weight is 285 g/mol. The molecule has 4 nitrogen and oxygen atoms in total. The van der Waals surface area contributed by atoms with E-state index in [4.69, 9.17) is 4.74 Å². The molecule has 0 saturated carbocycles. The van der Waals surface area contributed by atoms with Crippen molar-refractivity contribution in [1.82, 2.24) is 5.32 Å². The molecule has 110 valence electrons. The number of aliphatic hydroxyl groups excluding tert-OH is 1. The van der Waals surface area contributed by atoms with Crippen LogP contribution in [0, 0.1) is 0 Å². The largest absolute Gasteiger partial charge is 0.465 e. The molecule has 2 N–H and O–H groups in total. The van der Waals surface area contributed by atoms with Gasteiger partial charge in [0.25, 0.3) is 0 Å². The lowest BCUT2D eigenvalue weighted by Gasteiger charge is -2.17. The maximum Gasteiger partial charge on any atom is 0.338 e. The van der Waals surface area contributed by atoms with E-state index < -0.39 is 0 Å². The van der Waals surface area contributed by atoms with Gasteiger partial charge in [-0.25, -0.2) is 4.79 Å². The molecule has 0 saturated heterocycles. The first-order valence-electron chi connectivity index (χ1n) is 6.81. The lowest BCUT2D eigenvalue weighted by molar-refractivity contribution is 0.0599. The van der Waals surface area contributed by atoms with Gasteiger partial charge in [-0.3, -0.25) is 0 Å². The molecule has 2 rings (SSSR count). The molecule has 0 radical (unpaired) electrons. The number of rotatable bonds is 6. The molecule has 0 fully saturated rings. The molecule has 1 atom stereocenters. The van der Waals surface area contributed by atoms with Crippen LogP contribution in [0.25, 0.3) is 0 Å². The third kappa shape index (κ3) is 3.90. The number of hydrogen-bond acceptors (Lipinski definition) is 4. The summed E-state index contributed by atoms with van der Waals surface area (Å²) in [6.07, 6.45) is 0. The number of carbonyl (C=O) groups is 1. The van der Waals surface area contributed by atoms with Gasteiger partial charge in [-0.05, 0) is 17.2 Å². The highest BCUT2D eigenvalue weighted by Gasteiger charge is 2.13. The van der Waals surface area contributed by atoms with Crippen LogP contribution in [0.4, 0.5) is 0 Å². The van der Waals surface area contributed by atoms with Gasteiger partial charge in [0.15, 0.2) is 0 Å². The molecule has 2 aromatic rings. The minimum Gasteiger partial charge on any atom is -0.465 e. The molecule has 0 bridgehead atoms.